The van der Waals surface area contributed by atoms with E-state index in [4.69, 9.17) is 22.1 Å². The lowest BCUT2D eigenvalue weighted by Gasteiger charge is -2.29. The third-order valence-electron chi connectivity index (χ3n) is 4.04. The number of amides is 1. The second kappa shape index (κ2) is 10.3. The Kier molecular flexibility index (Phi) is 9.13. The van der Waals surface area contributed by atoms with Gasteiger partial charge >= 0.3 is 0 Å². The molecule has 3 rings (SSSR count). The highest BCUT2D eigenvalue weighted by molar-refractivity contribution is 7.13. The average molecular weight is 439 g/mol. The first-order chi connectivity index (χ1) is 11.5. The Bertz CT molecular complexity index is 717. The van der Waals surface area contributed by atoms with E-state index >= 15 is 0 Å². The predicted octanol–water partition coefficient (Wildman–Crippen LogP) is 4.09. The van der Waals surface area contributed by atoms with Crippen molar-refractivity contribution < 1.29 is 9.53 Å². The Morgan fingerprint density at radius 1 is 1.31 bits per heavy atom. The first kappa shape index (κ1) is 23.0. The Morgan fingerprint density at radius 3 is 2.54 bits per heavy atom. The minimum atomic E-state index is 0. The fourth-order valence-corrected chi connectivity index (χ4v) is 3.71. The molecule has 1 fully saturated rings. The number of nitrogens with two attached hydrogens (primary N) is 1. The Balaban J connectivity index is 0.00000169. The second-order valence-corrected chi connectivity index (χ2v) is 7.41. The molecule has 144 valence electrons. The number of aromatic nitrogens is 1. The van der Waals surface area contributed by atoms with Crippen LogP contribution in [0.4, 0.5) is 0 Å². The zero-order chi connectivity index (χ0) is 17.1. The number of nitrogens with zero attached hydrogens (tertiary/aromatic N) is 2. The monoisotopic (exact) mass is 437 g/mol. The molecule has 1 saturated heterocycles. The summed E-state index contributed by atoms with van der Waals surface area (Å²) in [6.07, 6.45) is 1.71. The summed E-state index contributed by atoms with van der Waals surface area (Å²) in [6, 6.07) is 7.39. The van der Waals surface area contributed by atoms with E-state index in [1.54, 1.807) is 12.1 Å². The van der Waals surface area contributed by atoms with Gasteiger partial charge in [0, 0.05) is 24.2 Å². The van der Waals surface area contributed by atoms with E-state index in [0.29, 0.717) is 29.6 Å². The van der Waals surface area contributed by atoms with Gasteiger partial charge in [0.25, 0.3) is 5.91 Å². The van der Waals surface area contributed by atoms with Crippen molar-refractivity contribution in [2.45, 2.75) is 32.4 Å². The number of thiazole rings is 1. The molecule has 1 amide bonds. The molecule has 1 aliphatic heterocycles. The van der Waals surface area contributed by atoms with Crippen molar-refractivity contribution >= 4 is 53.7 Å². The molecule has 1 aliphatic rings. The van der Waals surface area contributed by atoms with Crippen molar-refractivity contribution in [3.05, 3.63) is 44.9 Å². The highest BCUT2D eigenvalue weighted by atomic mass is 35.5. The molecule has 0 saturated carbocycles. The summed E-state index contributed by atoms with van der Waals surface area (Å²) in [5.74, 6) is 0.778. The molecule has 0 aliphatic carbocycles. The molecule has 0 unspecified atom stereocenters. The molecule has 2 N–H and O–H groups in total. The summed E-state index contributed by atoms with van der Waals surface area (Å²) in [5.41, 5.74) is 6.66. The molecule has 0 radical (unpaired) electrons. The van der Waals surface area contributed by atoms with Crippen LogP contribution < -0.4 is 10.5 Å². The summed E-state index contributed by atoms with van der Waals surface area (Å²) in [5, 5.41) is 1.46. The fraction of sp³-hybridized carbons (Fsp3) is 0.412. The molecule has 5 nitrogen and oxygen atoms in total. The lowest BCUT2D eigenvalue weighted by Crippen LogP contribution is -2.42. The maximum Gasteiger partial charge on any atom is 0.265 e. The summed E-state index contributed by atoms with van der Waals surface area (Å²) in [6.45, 7) is 3.64. The van der Waals surface area contributed by atoms with Gasteiger partial charge in [0.2, 0.25) is 0 Å². The highest BCUT2D eigenvalue weighted by Gasteiger charge is 2.25. The average Bonchev–Trinajstić information content (AvgIpc) is 2.95. The van der Waals surface area contributed by atoms with Gasteiger partial charge in [0.1, 0.15) is 22.2 Å². The topological polar surface area (TPSA) is 68.5 Å². The number of aryl methyl sites for hydroxylation is 1. The Morgan fingerprint density at radius 2 is 1.92 bits per heavy atom. The summed E-state index contributed by atoms with van der Waals surface area (Å²) < 4.78 is 5.70. The normalized spacial score (nSPS) is 14.3. The molecular weight excluding hydrogens is 417 g/mol. The van der Waals surface area contributed by atoms with Gasteiger partial charge in [-0.05, 0) is 44.0 Å². The molecule has 0 atom stereocenters. The third-order valence-corrected chi connectivity index (χ3v) is 5.41. The van der Waals surface area contributed by atoms with Crippen LogP contribution in [0.1, 0.15) is 33.2 Å². The zero-order valence-electron chi connectivity index (χ0n) is 14.3. The number of ether oxygens (including phenoxy) is 1. The summed E-state index contributed by atoms with van der Waals surface area (Å²) in [7, 11) is 0. The van der Waals surface area contributed by atoms with Crippen LogP contribution in [0.15, 0.2) is 24.3 Å². The maximum atomic E-state index is 12.7. The van der Waals surface area contributed by atoms with E-state index < -0.39 is 0 Å². The molecule has 26 heavy (non-hydrogen) atoms. The van der Waals surface area contributed by atoms with Gasteiger partial charge in [0.05, 0.1) is 5.69 Å². The first-order valence-corrected chi connectivity index (χ1v) is 9.12. The molecule has 0 spiro atoms. The third kappa shape index (κ3) is 5.72. The molecule has 0 bridgehead atoms. The van der Waals surface area contributed by atoms with Crippen molar-refractivity contribution in [2.75, 3.05) is 13.1 Å². The Hall–Kier alpha value is -1.05. The second-order valence-electron chi connectivity index (χ2n) is 5.89. The quantitative estimate of drug-likeness (QED) is 0.780. The number of rotatable bonds is 4. The van der Waals surface area contributed by atoms with Crippen molar-refractivity contribution in [3.63, 3.8) is 0 Å². The van der Waals surface area contributed by atoms with Crippen molar-refractivity contribution in [1.82, 2.24) is 9.88 Å². The molecule has 2 aromatic rings. The van der Waals surface area contributed by atoms with Gasteiger partial charge in [-0.25, -0.2) is 4.98 Å². The molecule has 2 heterocycles. The van der Waals surface area contributed by atoms with Gasteiger partial charge in [-0.3, -0.25) is 4.79 Å². The number of likely N-dealkylation sites (tertiary alicyclic amines) is 1. The minimum absolute atomic E-state index is 0. The fourth-order valence-electron chi connectivity index (χ4n) is 2.63. The van der Waals surface area contributed by atoms with Crippen LogP contribution >= 0.6 is 47.8 Å². The predicted molar refractivity (Wildman–Crippen MR) is 110 cm³/mol. The number of piperidine rings is 1. The first-order valence-electron chi connectivity index (χ1n) is 7.92. The lowest BCUT2D eigenvalue weighted by atomic mass is 10.1. The van der Waals surface area contributed by atoms with Crippen LogP contribution in [-0.2, 0) is 6.61 Å². The maximum absolute atomic E-state index is 12.7. The number of benzene rings is 1. The van der Waals surface area contributed by atoms with E-state index in [9.17, 15) is 4.79 Å². The number of hydrogen-bond donors (Lipinski definition) is 1. The van der Waals surface area contributed by atoms with E-state index in [2.05, 4.69) is 4.98 Å². The molecule has 1 aromatic heterocycles. The Labute approximate surface area is 174 Å². The zero-order valence-corrected chi connectivity index (χ0v) is 17.5. The van der Waals surface area contributed by atoms with E-state index in [1.165, 1.54) is 11.3 Å². The summed E-state index contributed by atoms with van der Waals surface area (Å²) in [4.78, 5) is 19.7. The summed E-state index contributed by atoms with van der Waals surface area (Å²) >= 11 is 7.25. The largest absolute Gasteiger partial charge is 0.486 e. The number of halogens is 3. The van der Waals surface area contributed by atoms with Gasteiger partial charge in [0.15, 0.2) is 0 Å². The smallest absolute Gasteiger partial charge is 0.265 e. The van der Waals surface area contributed by atoms with E-state index in [1.807, 2.05) is 24.0 Å². The van der Waals surface area contributed by atoms with Crippen LogP contribution in [0.5, 0.6) is 5.75 Å². The van der Waals surface area contributed by atoms with Crippen molar-refractivity contribution in [2.24, 2.45) is 5.73 Å². The highest BCUT2D eigenvalue weighted by Crippen LogP contribution is 2.24. The lowest BCUT2D eigenvalue weighted by molar-refractivity contribution is 0.0718. The standard InChI is InChI=1S/C17H20ClN3O2S.2ClH/c1-11-16(17(22)21-8-6-13(19)7-9-21)24-15(20-11)10-23-14-4-2-12(18)3-5-14;;/h2-5,13H,6-10,19H2,1H3;2*1H. The van der Waals surface area contributed by atoms with Crippen LogP contribution in [0, 0.1) is 6.92 Å². The van der Waals surface area contributed by atoms with Crippen LogP contribution in [-0.4, -0.2) is 34.9 Å². The van der Waals surface area contributed by atoms with Gasteiger partial charge < -0.3 is 15.4 Å². The number of hydrogen-bond acceptors (Lipinski definition) is 5. The van der Waals surface area contributed by atoms with Gasteiger partial charge in [-0.1, -0.05) is 11.6 Å². The van der Waals surface area contributed by atoms with Crippen molar-refractivity contribution in [3.8, 4) is 5.75 Å². The molecule has 1 aromatic carbocycles. The van der Waals surface area contributed by atoms with E-state index in [-0.39, 0.29) is 36.8 Å². The number of carbonyl (C=O) groups is 1. The van der Waals surface area contributed by atoms with Crippen LogP contribution in [0.2, 0.25) is 5.02 Å². The molecular formula is C17H22Cl3N3O2S. The SMILES string of the molecule is Cc1nc(COc2ccc(Cl)cc2)sc1C(=O)N1CCC(N)CC1.Cl.Cl. The van der Waals surface area contributed by atoms with E-state index in [0.717, 1.165) is 29.3 Å². The molecule has 9 heteroatoms. The van der Waals surface area contributed by atoms with Crippen LogP contribution in [0.3, 0.4) is 0 Å². The van der Waals surface area contributed by atoms with Gasteiger partial charge in [-0.2, -0.15) is 0 Å². The van der Waals surface area contributed by atoms with Crippen molar-refractivity contribution in [1.29, 1.82) is 0 Å². The number of carbonyl (C=O) groups excluding carboxylic acids is 1. The van der Waals surface area contributed by atoms with Gasteiger partial charge in [-0.15, -0.1) is 36.2 Å². The van der Waals surface area contributed by atoms with Crippen LogP contribution in [0.25, 0.3) is 0 Å². The minimum Gasteiger partial charge on any atom is -0.486 e.